The van der Waals surface area contributed by atoms with Gasteiger partial charge >= 0.3 is 0 Å². The molecule has 0 unspecified atom stereocenters. The number of aryl methyl sites for hydroxylation is 1. The van der Waals surface area contributed by atoms with Crippen LogP contribution in [0.4, 0.5) is 11.4 Å². The van der Waals surface area contributed by atoms with Crippen molar-refractivity contribution in [2.75, 3.05) is 11.9 Å². The molecule has 0 spiro atoms. The molecule has 2 aromatic rings. The average molecular weight is 481 g/mol. The van der Waals surface area contributed by atoms with Crippen molar-refractivity contribution in [2.45, 2.75) is 25.5 Å². The Morgan fingerprint density at radius 3 is 2.68 bits per heavy atom. The number of nitrogens with one attached hydrogen (secondary N) is 1. The molecule has 1 heterocycles. The molecule has 0 bridgehead atoms. The van der Waals surface area contributed by atoms with Crippen LogP contribution in [0.2, 0.25) is 5.02 Å². The van der Waals surface area contributed by atoms with Gasteiger partial charge in [0.05, 0.1) is 5.69 Å². The second kappa shape index (κ2) is 9.11. The first-order valence-electron chi connectivity index (χ1n) is 8.75. The van der Waals surface area contributed by atoms with E-state index < -0.39 is 5.25 Å². The van der Waals surface area contributed by atoms with E-state index in [2.05, 4.69) is 26.2 Å². The lowest BCUT2D eigenvalue weighted by molar-refractivity contribution is -0.128. The van der Waals surface area contributed by atoms with E-state index in [1.54, 1.807) is 17.0 Å². The zero-order chi connectivity index (χ0) is 20.3. The molecule has 28 heavy (non-hydrogen) atoms. The zero-order valence-electron chi connectivity index (χ0n) is 15.4. The van der Waals surface area contributed by atoms with E-state index in [-0.39, 0.29) is 18.2 Å². The van der Waals surface area contributed by atoms with Gasteiger partial charge in [-0.1, -0.05) is 45.4 Å². The Labute approximate surface area is 181 Å². The number of halogens is 2. The molecule has 146 valence electrons. The van der Waals surface area contributed by atoms with Gasteiger partial charge in [-0.05, 0) is 55.8 Å². The highest BCUT2D eigenvalue weighted by atomic mass is 79.9. The highest BCUT2D eigenvalue weighted by molar-refractivity contribution is 9.10. The molecule has 1 atom stereocenters. The van der Waals surface area contributed by atoms with E-state index in [0.717, 1.165) is 15.7 Å². The monoisotopic (exact) mass is 479 g/mol. The highest BCUT2D eigenvalue weighted by Crippen LogP contribution is 2.32. The summed E-state index contributed by atoms with van der Waals surface area (Å²) in [6, 6.07) is 12.9. The Bertz CT molecular complexity index is 934. The smallest absolute Gasteiger partial charge is 0.242 e. The van der Waals surface area contributed by atoms with E-state index in [1.807, 2.05) is 44.2 Å². The third-order valence-corrected chi connectivity index (χ3v) is 6.17. The minimum atomic E-state index is -0.492. The molecule has 8 heteroatoms. The summed E-state index contributed by atoms with van der Waals surface area (Å²) in [6.07, 6.45) is 0.0747. The Balaban J connectivity index is 1.72. The van der Waals surface area contributed by atoms with Crippen LogP contribution >= 0.6 is 39.3 Å². The maximum absolute atomic E-state index is 12.7. The van der Waals surface area contributed by atoms with Crippen LogP contribution in [0, 0.1) is 6.92 Å². The molecule has 1 aliphatic rings. The number of hydrogen-bond acceptors (Lipinski definition) is 4. The van der Waals surface area contributed by atoms with Crippen molar-refractivity contribution in [3.63, 3.8) is 0 Å². The maximum atomic E-state index is 12.7. The molecule has 1 aliphatic heterocycles. The predicted octanol–water partition coefficient (Wildman–Crippen LogP) is 5.39. The van der Waals surface area contributed by atoms with Crippen LogP contribution in [-0.2, 0) is 9.59 Å². The fourth-order valence-corrected chi connectivity index (χ4v) is 4.40. The summed E-state index contributed by atoms with van der Waals surface area (Å²) >= 11 is 10.7. The number of rotatable bonds is 5. The third-order valence-electron chi connectivity index (χ3n) is 4.23. The number of anilines is 1. The summed E-state index contributed by atoms with van der Waals surface area (Å²) in [5.41, 5.74) is 2.33. The van der Waals surface area contributed by atoms with Gasteiger partial charge in [-0.2, -0.15) is 0 Å². The number of carbonyl (C=O) groups excluding carboxylic acids is 2. The number of nitrogens with zero attached hydrogens (tertiary/aromatic N) is 2. The molecule has 2 amide bonds. The van der Waals surface area contributed by atoms with Gasteiger partial charge in [-0.15, -0.1) is 0 Å². The Morgan fingerprint density at radius 1 is 1.29 bits per heavy atom. The van der Waals surface area contributed by atoms with Crippen LogP contribution in [0.15, 0.2) is 51.9 Å². The van der Waals surface area contributed by atoms with Crippen molar-refractivity contribution in [1.29, 1.82) is 0 Å². The lowest BCUT2D eigenvalue weighted by Crippen LogP contribution is -2.33. The maximum Gasteiger partial charge on any atom is 0.242 e. The minimum absolute atomic E-state index is 0.0747. The van der Waals surface area contributed by atoms with Crippen molar-refractivity contribution in [1.82, 2.24) is 4.90 Å². The molecule has 0 aromatic heterocycles. The molecular formula is C20H19BrClN3O2S. The summed E-state index contributed by atoms with van der Waals surface area (Å²) in [5, 5.41) is 3.52. The molecule has 1 saturated heterocycles. The van der Waals surface area contributed by atoms with Gasteiger partial charge in [-0.3, -0.25) is 14.5 Å². The summed E-state index contributed by atoms with van der Waals surface area (Å²) in [6.45, 7) is 4.29. The first-order chi connectivity index (χ1) is 13.4. The largest absolute Gasteiger partial charge is 0.326 e. The summed E-state index contributed by atoms with van der Waals surface area (Å²) in [7, 11) is 0. The number of carbonyl (C=O) groups is 2. The normalized spacial score (nSPS) is 18.0. The van der Waals surface area contributed by atoms with E-state index >= 15 is 0 Å². The summed E-state index contributed by atoms with van der Waals surface area (Å²) in [4.78, 5) is 31.4. The number of amidine groups is 1. The standard InChI is InChI=1S/C20H19BrClN3O2S/c1-3-25-19(27)17(28-20(25)23-15-8-5-13(21)6-9-15)11-18(26)24-16-10-14(22)7-4-12(16)2/h4-10,17H,3,11H2,1-2H3,(H,24,26)/t17-/m0/s1. The van der Waals surface area contributed by atoms with E-state index in [0.29, 0.717) is 22.4 Å². The fourth-order valence-electron chi connectivity index (χ4n) is 2.74. The third kappa shape index (κ3) is 4.96. The number of benzene rings is 2. The minimum Gasteiger partial charge on any atom is -0.326 e. The van der Waals surface area contributed by atoms with Crippen LogP contribution in [0.1, 0.15) is 18.9 Å². The number of aliphatic imine (C=N–C) groups is 1. The highest BCUT2D eigenvalue weighted by Gasteiger charge is 2.38. The van der Waals surface area contributed by atoms with Crippen LogP contribution in [0.25, 0.3) is 0 Å². The molecule has 2 aromatic carbocycles. The first-order valence-corrected chi connectivity index (χ1v) is 10.8. The van der Waals surface area contributed by atoms with Gasteiger partial charge in [-0.25, -0.2) is 4.99 Å². The van der Waals surface area contributed by atoms with Crippen LogP contribution in [0.3, 0.4) is 0 Å². The van der Waals surface area contributed by atoms with Crippen LogP contribution in [-0.4, -0.2) is 33.7 Å². The van der Waals surface area contributed by atoms with Gasteiger partial charge in [0.25, 0.3) is 0 Å². The predicted molar refractivity (Wildman–Crippen MR) is 119 cm³/mol. The van der Waals surface area contributed by atoms with Crippen molar-refractivity contribution in [2.24, 2.45) is 4.99 Å². The SMILES string of the molecule is CCN1C(=O)[C@H](CC(=O)Nc2cc(Cl)ccc2C)SC1=Nc1ccc(Br)cc1. The second-order valence-corrected chi connectivity index (χ2v) is 8.79. The van der Waals surface area contributed by atoms with Crippen molar-refractivity contribution in [3.8, 4) is 0 Å². The van der Waals surface area contributed by atoms with Crippen molar-refractivity contribution in [3.05, 3.63) is 57.5 Å². The fraction of sp³-hybridized carbons (Fsp3) is 0.250. The lowest BCUT2D eigenvalue weighted by atomic mass is 10.2. The van der Waals surface area contributed by atoms with Crippen LogP contribution < -0.4 is 5.32 Å². The van der Waals surface area contributed by atoms with Gasteiger partial charge < -0.3 is 5.32 Å². The number of amides is 2. The van der Waals surface area contributed by atoms with E-state index in [4.69, 9.17) is 11.6 Å². The molecular weight excluding hydrogens is 462 g/mol. The van der Waals surface area contributed by atoms with Crippen molar-refractivity contribution >= 4 is 67.6 Å². The Morgan fingerprint density at radius 2 is 2.00 bits per heavy atom. The van der Waals surface area contributed by atoms with Gasteiger partial charge in [0.2, 0.25) is 11.8 Å². The van der Waals surface area contributed by atoms with Crippen molar-refractivity contribution < 1.29 is 9.59 Å². The second-order valence-electron chi connectivity index (χ2n) is 6.27. The van der Waals surface area contributed by atoms with E-state index in [9.17, 15) is 9.59 Å². The Kier molecular flexibility index (Phi) is 6.80. The number of thioether (sulfide) groups is 1. The van der Waals surface area contributed by atoms with Gasteiger partial charge in [0.15, 0.2) is 5.17 Å². The lowest BCUT2D eigenvalue weighted by Gasteiger charge is -2.13. The molecule has 3 rings (SSSR count). The topological polar surface area (TPSA) is 61.8 Å². The average Bonchev–Trinajstić information content (AvgIpc) is 2.94. The molecule has 5 nitrogen and oxygen atoms in total. The van der Waals surface area contributed by atoms with Gasteiger partial charge in [0.1, 0.15) is 5.25 Å². The number of hydrogen-bond donors (Lipinski definition) is 1. The summed E-state index contributed by atoms with van der Waals surface area (Å²) < 4.78 is 0.963. The zero-order valence-corrected chi connectivity index (χ0v) is 18.6. The van der Waals surface area contributed by atoms with Crippen LogP contribution in [0.5, 0.6) is 0 Å². The molecule has 1 fully saturated rings. The van der Waals surface area contributed by atoms with E-state index in [1.165, 1.54) is 11.8 Å². The first kappa shape index (κ1) is 20.9. The molecule has 0 radical (unpaired) electrons. The molecule has 0 saturated carbocycles. The molecule has 1 N–H and O–H groups in total. The quantitative estimate of drug-likeness (QED) is 0.624. The summed E-state index contributed by atoms with van der Waals surface area (Å²) in [5.74, 6) is -0.321. The van der Waals surface area contributed by atoms with Gasteiger partial charge in [0, 0.05) is 28.1 Å². The Hall–Kier alpha value is -1.83. The molecule has 0 aliphatic carbocycles.